The Bertz CT molecular complexity index is 1210. The minimum absolute atomic E-state index is 0.0487. The number of amides is 1. The van der Waals surface area contributed by atoms with Crippen LogP contribution in [0.2, 0.25) is 0 Å². The number of aromatic nitrogens is 2. The summed E-state index contributed by atoms with van der Waals surface area (Å²) in [5, 5.41) is 10.9. The van der Waals surface area contributed by atoms with Crippen molar-refractivity contribution in [3.05, 3.63) is 46.8 Å². The van der Waals surface area contributed by atoms with Crippen LogP contribution in [0.5, 0.6) is 5.75 Å². The fourth-order valence-corrected chi connectivity index (χ4v) is 4.09. The Balaban J connectivity index is 1.99. The Morgan fingerprint density at radius 3 is 2.85 bits per heavy atom. The SMILES string of the molecule is CCOC(=O)c1sc2cccc(O)c2c1-c1nc2cc(C(N)=O)ccc2[nH]1. The van der Waals surface area contributed by atoms with Gasteiger partial charge in [-0.15, -0.1) is 11.3 Å². The third kappa shape index (κ3) is 2.80. The Kier molecular flexibility index (Phi) is 4.04. The van der Waals surface area contributed by atoms with Crippen molar-refractivity contribution in [2.75, 3.05) is 6.61 Å². The molecule has 0 aliphatic rings. The number of esters is 1. The second-order valence-corrected chi connectivity index (χ2v) is 6.91. The predicted octanol–water partition coefficient (Wildman–Crippen LogP) is 3.43. The number of nitrogens with one attached hydrogen (secondary N) is 1. The van der Waals surface area contributed by atoms with Crippen LogP contribution in [0.4, 0.5) is 0 Å². The van der Waals surface area contributed by atoms with Crippen LogP contribution in [-0.4, -0.2) is 33.6 Å². The number of hydrogen-bond acceptors (Lipinski definition) is 6. The number of phenolic OH excluding ortho intramolecular Hbond substituents is 1. The summed E-state index contributed by atoms with van der Waals surface area (Å²) in [5.74, 6) is -0.575. The number of carbonyl (C=O) groups is 2. The van der Waals surface area contributed by atoms with E-state index in [9.17, 15) is 14.7 Å². The Hall–Kier alpha value is -3.39. The molecule has 0 saturated carbocycles. The molecule has 0 unspecified atom stereocenters. The van der Waals surface area contributed by atoms with Gasteiger partial charge in [-0.1, -0.05) is 6.07 Å². The van der Waals surface area contributed by atoms with Crippen LogP contribution in [-0.2, 0) is 4.74 Å². The summed E-state index contributed by atoms with van der Waals surface area (Å²) in [6.07, 6.45) is 0. The average Bonchev–Trinajstić information content (AvgIpc) is 3.22. The maximum Gasteiger partial charge on any atom is 0.349 e. The van der Waals surface area contributed by atoms with Crippen molar-refractivity contribution in [1.29, 1.82) is 0 Å². The number of nitrogens with two attached hydrogens (primary N) is 1. The number of H-pyrrole nitrogens is 1. The van der Waals surface area contributed by atoms with Crippen LogP contribution < -0.4 is 5.73 Å². The highest BCUT2D eigenvalue weighted by molar-refractivity contribution is 7.21. The average molecular weight is 381 g/mol. The number of fused-ring (bicyclic) bond motifs is 2. The van der Waals surface area contributed by atoms with Gasteiger partial charge >= 0.3 is 5.97 Å². The number of rotatable bonds is 4. The zero-order chi connectivity index (χ0) is 19.1. The Morgan fingerprint density at radius 1 is 1.30 bits per heavy atom. The highest BCUT2D eigenvalue weighted by Crippen LogP contribution is 2.42. The number of primary amides is 1. The van der Waals surface area contributed by atoms with E-state index in [0.29, 0.717) is 38.2 Å². The molecule has 0 radical (unpaired) electrons. The highest BCUT2D eigenvalue weighted by Gasteiger charge is 2.25. The molecule has 0 spiro atoms. The van der Waals surface area contributed by atoms with Crippen molar-refractivity contribution in [1.82, 2.24) is 9.97 Å². The lowest BCUT2D eigenvalue weighted by molar-refractivity contribution is 0.0533. The molecule has 0 atom stereocenters. The maximum absolute atomic E-state index is 12.5. The smallest absolute Gasteiger partial charge is 0.349 e. The molecule has 2 aromatic carbocycles. The van der Waals surface area contributed by atoms with Crippen LogP contribution in [0.25, 0.3) is 32.5 Å². The first-order chi connectivity index (χ1) is 13.0. The molecule has 2 heterocycles. The second kappa shape index (κ2) is 6.40. The summed E-state index contributed by atoms with van der Waals surface area (Å²) in [4.78, 5) is 31.9. The van der Waals surface area contributed by atoms with Crippen molar-refractivity contribution in [2.24, 2.45) is 5.73 Å². The number of nitrogens with zero attached hydrogens (tertiary/aromatic N) is 1. The largest absolute Gasteiger partial charge is 0.507 e. The van der Waals surface area contributed by atoms with Crippen molar-refractivity contribution in [3.63, 3.8) is 0 Å². The molecule has 0 bridgehead atoms. The van der Waals surface area contributed by atoms with E-state index in [-0.39, 0.29) is 12.4 Å². The summed E-state index contributed by atoms with van der Waals surface area (Å²) < 4.78 is 5.91. The number of imidazole rings is 1. The number of thiophene rings is 1. The third-order valence-electron chi connectivity index (χ3n) is 4.16. The maximum atomic E-state index is 12.5. The molecule has 8 heteroatoms. The van der Waals surface area contributed by atoms with Gasteiger partial charge in [0.25, 0.3) is 0 Å². The van der Waals surface area contributed by atoms with Crippen molar-refractivity contribution in [3.8, 4) is 17.1 Å². The van der Waals surface area contributed by atoms with Gasteiger partial charge in [0, 0.05) is 15.6 Å². The number of benzene rings is 2. The lowest BCUT2D eigenvalue weighted by atomic mass is 10.1. The molecule has 27 heavy (non-hydrogen) atoms. The van der Waals surface area contributed by atoms with E-state index in [4.69, 9.17) is 10.5 Å². The van der Waals surface area contributed by atoms with E-state index < -0.39 is 11.9 Å². The Morgan fingerprint density at radius 2 is 2.11 bits per heavy atom. The number of aromatic hydroxyl groups is 1. The first kappa shape index (κ1) is 17.0. The number of hydrogen-bond donors (Lipinski definition) is 3. The van der Waals surface area contributed by atoms with E-state index in [1.54, 1.807) is 37.3 Å². The predicted molar refractivity (Wildman–Crippen MR) is 103 cm³/mol. The summed E-state index contributed by atoms with van der Waals surface area (Å²) >= 11 is 1.23. The molecule has 4 rings (SSSR count). The normalized spacial score (nSPS) is 11.1. The van der Waals surface area contributed by atoms with Gasteiger partial charge in [-0.05, 0) is 37.3 Å². The first-order valence-corrected chi connectivity index (χ1v) is 9.02. The van der Waals surface area contributed by atoms with E-state index >= 15 is 0 Å². The molecule has 0 aliphatic carbocycles. The molecule has 1 amide bonds. The van der Waals surface area contributed by atoms with Crippen molar-refractivity contribution in [2.45, 2.75) is 6.92 Å². The van der Waals surface area contributed by atoms with Crippen LogP contribution in [0.15, 0.2) is 36.4 Å². The number of carbonyl (C=O) groups excluding carboxylic acids is 2. The van der Waals surface area contributed by atoms with Crippen LogP contribution in [0.3, 0.4) is 0 Å². The lowest BCUT2D eigenvalue weighted by Crippen LogP contribution is -2.10. The van der Waals surface area contributed by atoms with Gasteiger partial charge in [-0.3, -0.25) is 4.79 Å². The van der Waals surface area contributed by atoms with Crippen LogP contribution in [0, 0.1) is 0 Å². The lowest BCUT2D eigenvalue weighted by Gasteiger charge is -2.03. The summed E-state index contributed by atoms with van der Waals surface area (Å²) in [5.41, 5.74) is 7.35. The summed E-state index contributed by atoms with van der Waals surface area (Å²) in [6, 6.07) is 9.97. The van der Waals surface area contributed by atoms with Crippen LogP contribution >= 0.6 is 11.3 Å². The molecule has 0 fully saturated rings. The van der Waals surface area contributed by atoms with Gasteiger partial charge in [0.05, 0.1) is 23.2 Å². The van der Waals surface area contributed by atoms with E-state index in [2.05, 4.69) is 9.97 Å². The fourth-order valence-electron chi connectivity index (χ4n) is 2.97. The second-order valence-electron chi connectivity index (χ2n) is 5.86. The number of ether oxygens (including phenoxy) is 1. The summed E-state index contributed by atoms with van der Waals surface area (Å²) in [7, 11) is 0. The molecular formula is C19H15N3O4S. The van der Waals surface area contributed by atoms with E-state index in [0.717, 1.165) is 4.70 Å². The zero-order valence-corrected chi connectivity index (χ0v) is 15.1. The van der Waals surface area contributed by atoms with E-state index in [1.807, 2.05) is 6.07 Å². The standard InChI is InChI=1S/C19H15N3O4S/c1-2-26-19(25)16-15(14-12(23)4-3-5-13(14)27-16)18-21-10-7-6-9(17(20)24)8-11(10)22-18/h3-8,23H,2H2,1H3,(H2,20,24)(H,21,22). The molecular weight excluding hydrogens is 366 g/mol. The minimum atomic E-state index is -0.549. The molecule has 7 nitrogen and oxygen atoms in total. The quantitative estimate of drug-likeness (QED) is 0.468. The van der Waals surface area contributed by atoms with Gasteiger partial charge in [0.15, 0.2) is 0 Å². The van der Waals surface area contributed by atoms with Crippen molar-refractivity contribution >= 4 is 44.3 Å². The molecule has 0 aliphatic heterocycles. The molecule has 0 saturated heterocycles. The van der Waals surface area contributed by atoms with Gasteiger partial charge < -0.3 is 20.6 Å². The topological polar surface area (TPSA) is 118 Å². The molecule has 4 aromatic rings. The fraction of sp³-hybridized carbons (Fsp3) is 0.105. The minimum Gasteiger partial charge on any atom is -0.507 e. The zero-order valence-electron chi connectivity index (χ0n) is 14.3. The van der Waals surface area contributed by atoms with Gasteiger partial charge in [0.2, 0.25) is 5.91 Å². The summed E-state index contributed by atoms with van der Waals surface area (Å²) in [6.45, 7) is 1.97. The molecule has 136 valence electrons. The van der Waals surface area contributed by atoms with Gasteiger partial charge in [0.1, 0.15) is 16.5 Å². The molecule has 2 aromatic heterocycles. The third-order valence-corrected chi connectivity index (χ3v) is 5.29. The monoisotopic (exact) mass is 381 g/mol. The molecule has 4 N–H and O–H groups in total. The Labute approximate surface area is 157 Å². The highest BCUT2D eigenvalue weighted by atomic mass is 32.1. The van der Waals surface area contributed by atoms with E-state index in [1.165, 1.54) is 11.3 Å². The number of aromatic amines is 1. The van der Waals surface area contributed by atoms with Gasteiger partial charge in [-0.25, -0.2) is 9.78 Å². The van der Waals surface area contributed by atoms with Gasteiger partial charge in [-0.2, -0.15) is 0 Å². The van der Waals surface area contributed by atoms with Crippen LogP contribution in [0.1, 0.15) is 27.0 Å². The number of phenols is 1. The van der Waals surface area contributed by atoms with Crippen molar-refractivity contribution < 1.29 is 19.4 Å². The first-order valence-electron chi connectivity index (χ1n) is 8.21.